The highest BCUT2D eigenvalue weighted by Crippen LogP contribution is 2.11. The molecule has 0 aliphatic carbocycles. The topological polar surface area (TPSA) is 37.6 Å². The van der Waals surface area contributed by atoms with Crippen LogP contribution >= 0.6 is 22.6 Å². The molecular weight excluding hydrogens is 313 g/mol. The third-order valence-electron chi connectivity index (χ3n) is 2.00. The van der Waals surface area contributed by atoms with E-state index in [1.807, 2.05) is 12.1 Å². The van der Waals surface area contributed by atoms with Crippen LogP contribution in [0.25, 0.3) is 0 Å². The molecule has 0 aliphatic heterocycles. The second kappa shape index (κ2) is 5.69. The quantitative estimate of drug-likeness (QED) is 0.622. The number of hydrogen-bond acceptors (Lipinski definition) is 3. The highest BCUT2D eigenvalue weighted by atomic mass is 127. The first-order valence-electron chi connectivity index (χ1n) is 4.86. The summed E-state index contributed by atoms with van der Waals surface area (Å²) in [5, 5.41) is 8.21. The van der Waals surface area contributed by atoms with Gasteiger partial charge in [-0.1, -0.05) is 12.1 Å². The third kappa shape index (κ3) is 3.37. The van der Waals surface area contributed by atoms with Gasteiger partial charge >= 0.3 is 0 Å². The molecule has 0 aliphatic rings. The average Bonchev–Trinajstić information content (AvgIpc) is 2.33. The Balaban J connectivity index is 1.97. The zero-order valence-corrected chi connectivity index (χ0v) is 10.7. The fourth-order valence-electron chi connectivity index (χ4n) is 1.20. The van der Waals surface area contributed by atoms with E-state index in [9.17, 15) is 0 Å². The predicted molar refractivity (Wildman–Crippen MR) is 71.6 cm³/mol. The first-order chi connectivity index (χ1) is 7.84. The number of benzene rings is 1. The van der Waals surface area contributed by atoms with Crippen LogP contribution in [-0.2, 0) is 6.54 Å². The Morgan fingerprint density at radius 3 is 2.62 bits per heavy atom. The molecule has 0 saturated carbocycles. The van der Waals surface area contributed by atoms with Crippen LogP contribution in [-0.4, -0.2) is 4.98 Å². The molecule has 3 nitrogen and oxygen atoms in total. The van der Waals surface area contributed by atoms with Crippen molar-refractivity contribution in [1.29, 1.82) is 0 Å². The van der Waals surface area contributed by atoms with Crippen molar-refractivity contribution in [2.24, 2.45) is 10.2 Å². The van der Waals surface area contributed by atoms with Crippen molar-refractivity contribution in [1.82, 2.24) is 4.98 Å². The molecule has 0 amide bonds. The number of nitrogens with zero attached hydrogens (tertiary/aromatic N) is 3. The Morgan fingerprint density at radius 2 is 1.94 bits per heavy atom. The summed E-state index contributed by atoms with van der Waals surface area (Å²) in [6, 6.07) is 12.0. The van der Waals surface area contributed by atoms with Gasteiger partial charge < -0.3 is 0 Å². The molecule has 4 heteroatoms. The van der Waals surface area contributed by atoms with Gasteiger partial charge in [0.25, 0.3) is 0 Å². The van der Waals surface area contributed by atoms with Gasteiger partial charge in [-0.05, 0) is 52.4 Å². The Morgan fingerprint density at radius 1 is 1.12 bits per heavy atom. The van der Waals surface area contributed by atoms with Crippen LogP contribution in [0.15, 0.2) is 59.0 Å². The molecule has 0 unspecified atom stereocenters. The average molecular weight is 323 g/mol. The third-order valence-corrected chi connectivity index (χ3v) is 2.72. The van der Waals surface area contributed by atoms with Crippen molar-refractivity contribution in [3.8, 4) is 0 Å². The lowest BCUT2D eigenvalue weighted by atomic mass is 10.2. The van der Waals surface area contributed by atoms with Gasteiger partial charge in [-0.3, -0.25) is 4.98 Å². The van der Waals surface area contributed by atoms with Gasteiger partial charge in [-0.25, -0.2) is 0 Å². The molecule has 2 aromatic rings. The van der Waals surface area contributed by atoms with Crippen LogP contribution < -0.4 is 0 Å². The molecule has 0 atom stereocenters. The standard InChI is InChI=1S/C12H10IN3/c13-11-5-3-10(4-6-11)8-15-16-12-2-1-7-14-9-12/h1-7,9H,8H2. The molecule has 0 radical (unpaired) electrons. The molecule has 0 spiro atoms. The van der Waals surface area contributed by atoms with Gasteiger partial charge in [0, 0.05) is 9.77 Å². The van der Waals surface area contributed by atoms with E-state index in [-0.39, 0.29) is 0 Å². The van der Waals surface area contributed by atoms with Crippen LogP contribution in [0, 0.1) is 3.57 Å². The summed E-state index contributed by atoms with van der Waals surface area (Å²) in [4.78, 5) is 3.97. The normalized spacial score (nSPS) is 10.8. The van der Waals surface area contributed by atoms with Gasteiger partial charge in [-0.2, -0.15) is 10.2 Å². The lowest BCUT2D eigenvalue weighted by Crippen LogP contribution is -1.80. The van der Waals surface area contributed by atoms with Gasteiger partial charge in [0.05, 0.1) is 12.7 Å². The monoisotopic (exact) mass is 323 g/mol. The summed E-state index contributed by atoms with van der Waals surface area (Å²) in [5.41, 5.74) is 1.95. The van der Waals surface area contributed by atoms with E-state index in [1.165, 1.54) is 3.57 Å². The zero-order chi connectivity index (χ0) is 11.2. The molecule has 0 bridgehead atoms. The zero-order valence-electron chi connectivity index (χ0n) is 8.55. The maximum Gasteiger partial charge on any atom is 0.104 e. The van der Waals surface area contributed by atoms with E-state index in [2.05, 4.69) is 62.1 Å². The van der Waals surface area contributed by atoms with Crippen molar-refractivity contribution in [2.45, 2.75) is 6.54 Å². The highest BCUT2D eigenvalue weighted by Gasteiger charge is 1.91. The van der Waals surface area contributed by atoms with E-state index in [0.29, 0.717) is 6.54 Å². The van der Waals surface area contributed by atoms with Gasteiger partial charge in [-0.15, -0.1) is 0 Å². The van der Waals surface area contributed by atoms with Crippen LogP contribution in [0.3, 0.4) is 0 Å². The summed E-state index contributed by atoms with van der Waals surface area (Å²) in [5.74, 6) is 0. The summed E-state index contributed by atoms with van der Waals surface area (Å²) in [6.45, 7) is 0.603. The largest absolute Gasteiger partial charge is 0.262 e. The summed E-state index contributed by atoms with van der Waals surface area (Å²) >= 11 is 2.28. The maximum atomic E-state index is 4.12. The number of halogens is 1. The van der Waals surface area contributed by atoms with Crippen LogP contribution in [0.2, 0.25) is 0 Å². The molecular formula is C12H10IN3. The number of pyridine rings is 1. The summed E-state index contributed by atoms with van der Waals surface area (Å²) < 4.78 is 1.23. The van der Waals surface area contributed by atoms with Crippen LogP contribution in [0.5, 0.6) is 0 Å². The summed E-state index contributed by atoms with van der Waals surface area (Å²) in [6.07, 6.45) is 3.41. The molecule has 0 fully saturated rings. The minimum absolute atomic E-state index is 0.603. The first kappa shape index (κ1) is 11.2. The number of hydrogen-bond donors (Lipinski definition) is 0. The number of rotatable bonds is 3. The Bertz CT molecular complexity index is 465. The number of aromatic nitrogens is 1. The fraction of sp³-hybridized carbons (Fsp3) is 0.0833. The van der Waals surface area contributed by atoms with E-state index < -0.39 is 0 Å². The first-order valence-corrected chi connectivity index (χ1v) is 5.94. The van der Waals surface area contributed by atoms with Gasteiger partial charge in [0.15, 0.2) is 0 Å². The van der Waals surface area contributed by atoms with Crippen molar-refractivity contribution < 1.29 is 0 Å². The van der Waals surface area contributed by atoms with E-state index in [4.69, 9.17) is 0 Å². The van der Waals surface area contributed by atoms with Crippen molar-refractivity contribution in [3.05, 3.63) is 57.9 Å². The van der Waals surface area contributed by atoms with Crippen LogP contribution in [0.1, 0.15) is 5.56 Å². The fourth-order valence-corrected chi connectivity index (χ4v) is 1.56. The molecule has 1 aromatic carbocycles. The minimum atomic E-state index is 0.603. The second-order valence-corrected chi connectivity index (χ2v) is 4.48. The molecule has 0 saturated heterocycles. The van der Waals surface area contributed by atoms with Gasteiger partial charge in [0.1, 0.15) is 5.69 Å². The lowest BCUT2D eigenvalue weighted by molar-refractivity contribution is 0.956. The molecule has 1 aromatic heterocycles. The Labute approximate surface area is 108 Å². The molecule has 0 N–H and O–H groups in total. The van der Waals surface area contributed by atoms with Crippen molar-refractivity contribution in [3.63, 3.8) is 0 Å². The maximum absolute atomic E-state index is 4.12. The van der Waals surface area contributed by atoms with Crippen molar-refractivity contribution >= 4 is 28.3 Å². The van der Waals surface area contributed by atoms with Gasteiger partial charge in [0.2, 0.25) is 0 Å². The Kier molecular flexibility index (Phi) is 3.98. The van der Waals surface area contributed by atoms with Crippen LogP contribution in [0.4, 0.5) is 5.69 Å². The molecule has 16 heavy (non-hydrogen) atoms. The molecule has 80 valence electrons. The lowest BCUT2D eigenvalue weighted by Gasteiger charge is -1.95. The minimum Gasteiger partial charge on any atom is -0.262 e. The number of azo groups is 1. The second-order valence-electron chi connectivity index (χ2n) is 3.24. The Hall–Kier alpha value is -1.30. The van der Waals surface area contributed by atoms with Crippen molar-refractivity contribution in [2.75, 3.05) is 0 Å². The van der Waals surface area contributed by atoms with E-state index in [1.54, 1.807) is 12.4 Å². The predicted octanol–water partition coefficient (Wildman–Crippen LogP) is 3.97. The highest BCUT2D eigenvalue weighted by molar-refractivity contribution is 14.1. The van der Waals surface area contributed by atoms with E-state index >= 15 is 0 Å². The smallest absolute Gasteiger partial charge is 0.104 e. The molecule has 2 rings (SSSR count). The molecule has 1 heterocycles. The summed E-state index contributed by atoms with van der Waals surface area (Å²) in [7, 11) is 0. The van der Waals surface area contributed by atoms with E-state index in [0.717, 1.165) is 11.3 Å². The SMILES string of the molecule is Ic1ccc(CN=Nc2cccnc2)cc1.